The second-order valence-corrected chi connectivity index (χ2v) is 6.09. The molecule has 134 valence electrons. The molecule has 3 aromatic rings. The minimum Gasteiger partial charge on any atom is -0.497 e. The van der Waals surface area contributed by atoms with Crippen molar-refractivity contribution in [2.75, 3.05) is 7.11 Å². The number of aromatic nitrogens is 1. The van der Waals surface area contributed by atoms with E-state index >= 15 is 0 Å². The van der Waals surface area contributed by atoms with Gasteiger partial charge in [-0.1, -0.05) is 19.1 Å². The molecule has 0 saturated heterocycles. The van der Waals surface area contributed by atoms with E-state index in [1.165, 1.54) is 0 Å². The third-order valence-electron chi connectivity index (χ3n) is 4.27. The minimum absolute atomic E-state index is 0.106. The number of rotatable bonds is 6. The molecule has 0 saturated carbocycles. The van der Waals surface area contributed by atoms with Crippen molar-refractivity contribution in [3.05, 3.63) is 60.3 Å². The summed E-state index contributed by atoms with van der Waals surface area (Å²) in [5.41, 5.74) is 2.12. The molecule has 0 fully saturated rings. The molecule has 0 aliphatic rings. The Morgan fingerprint density at radius 2 is 1.92 bits per heavy atom. The summed E-state index contributed by atoms with van der Waals surface area (Å²) in [6.07, 6.45) is 2.54. The first-order chi connectivity index (χ1) is 12.6. The van der Waals surface area contributed by atoms with E-state index < -0.39 is 0 Å². The molecular formula is C21H22N2O3. The molecule has 1 heterocycles. The van der Waals surface area contributed by atoms with E-state index in [0.717, 1.165) is 17.7 Å². The third kappa shape index (κ3) is 3.77. The summed E-state index contributed by atoms with van der Waals surface area (Å²) < 4.78 is 11.1. The lowest BCUT2D eigenvalue weighted by Gasteiger charge is -2.12. The summed E-state index contributed by atoms with van der Waals surface area (Å²) in [5.74, 6) is 1.71. The van der Waals surface area contributed by atoms with Gasteiger partial charge in [0.05, 0.1) is 18.9 Å². The summed E-state index contributed by atoms with van der Waals surface area (Å²) in [6.45, 7) is 4.01. The quantitative estimate of drug-likeness (QED) is 0.708. The first-order valence-electron chi connectivity index (χ1n) is 8.63. The number of benzene rings is 2. The van der Waals surface area contributed by atoms with Gasteiger partial charge in [0.15, 0.2) is 5.76 Å². The summed E-state index contributed by atoms with van der Waals surface area (Å²) in [4.78, 5) is 16.9. The summed E-state index contributed by atoms with van der Waals surface area (Å²) in [6, 6.07) is 15.0. The second kappa shape index (κ2) is 7.87. The molecule has 1 atom stereocenters. The van der Waals surface area contributed by atoms with Crippen LogP contribution in [0.15, 0.2) is 59.1 Å². The molecule has 1 unspecified atom stereocenters. The maximum absolute atomic E-state index is 12.6. The standard InChI is InChI=1S/C21H22N2O3/c1-4-14(2)23-20(24)17-7-5-6-8-18(17)21-22-13-19(26-21)15-9-11-16(25-3)12-10-15/h5-14H,4H2,1-3H3,(H,23,24). The molecule has 0 aliphatic carbocycles. The van der Waals surface area contributed by atoms with E-state index in [-0.39, 0.29) is 11.9 Å². The number of hydrogen-bond donors (Lipinski definition) is 1. The monoisotopic (exact) mass is 350 g/mol. The van der Waals surface area contributed by atoms with Gasteiger partial charge in [0.2, 0.25) is 5.89 Å². The zero-order valence-electron chi connectivity index (χ0n) is 15.2. The average molecular weight is 350 g/mol. The van der Waals surface area contributed by atoms with Crippen LogP contribution in [0.4, 0.5) is 0 Å². The zero-order chi connectivity index (χ0) is 18.5. The fraction of sp³-hybridized carbons (Fsp3) is 0.238. The molecule has 0 bridgehead atoms. The van der Waals surface area contributed by atoms with E-state index in [4.69, 9.17) is 9.15 Å². The Bertz CT molecular complexity index is 884. The normalized spacial score (nSPS) is 11.8. The van der Waals surface area contributed by atoms with E-state index in [1.54, 1.807) is 19.4 Å². The highest BCUT2D eigenvalue weighted by Gasteiger charge is 2.17. The van der Waals surface area contributed by atoms with Crippen molar-refractivity contribution in [2.24, 2.45) is 0 Å². The number of oxazole rings is 1. The molecule has 2 aromatic carbocycles. The maximum Gasteiger partial charge on any atom is 0.252 e. The Labute approximate surface area is 153 Å². The Morgan fingerprint density at radius 3 is 2.62 bits per heavy atom. The van der Waals surface area contributed by atoms with Crippen LogP contribution in [0.2, 0.25) is 0 Å². The molecule has 3 rings (SSSR count). The molecular weight excluding hydrogens is 328 g/mol. The van der Waals surface area contributed by atoms with Crippen LogP contribution in [-0.4, -0.2) is 24.0 Å². The smallest absolute Gasteiger partial charge is 0.252 e. The van der Waals surface area contributed by atoms with E-state index in [1.807, 2.05) is 56.3 Å². The molecule has 1 amide bonds. The van der Waals surface area contributed by atoms with Crippen LogP contribution in [0.25, 0.3) is 22.8 Å². The van der Waals surface area contributed by atoms with Crippen molar-refractivity contribution in [2.45, 2.75) is 26.3 Å². The number of ether oxygens (including phenoxy) is 1. The van der Waals surface area contributed by atoms with Gasteiger partial charge in [-0.3, -0.25) is 4.79 Å². The highest BCUT2D eigenvalue weighted by Crippen LogP contribution is 2.29. The van der Waals surface area contributed by atoms with Gasteiger partial charge in [0, 0.05) is 17.2 Å². The van der Waals surface area contributed by atoms with Gasteiger partial charge < -0.3 is 14.5 Å². The minimum atomic E-state index is -0.126. The van der Waals surface area contributed by atoms with Gasteiger partial charge in [-0.15, -0.1) is 0 Å². The van der Waals surface area contributed by atoms with Crippen molar-refractivity contribution < 1.29 is 13.9 Å². The summed E-state index contributed by atoms with van der Waals surface area (Å²) >= 11 is 0. The zero-order valence-corrected chi connectivity index (χ0v) is 15.2. The van der Waals surface area contributed by atoms with Gasteiger partial charge in [0.1, 0.15) is 5.75 Å². The first kappa shape index (κ1) is 17.7. The molecule has 0 aliphatic heterocycles. The van der Waals surface area contributed by atoms with Gasteiger partial charge >= 0.3 is 0 Å². The fourth-order valence-corrected chi connectivity index (χ4v) is 2.56. The number of nitrogens with one attached hydrogen (secondary N) is 1. The molecule has 0 radical (unpaired) electrons. The molecule has 5 heteroatoms. The Balaban J connectivity index is 1.90. The van der Waals surface area contributed by atoms with Crippen molar-refractivity contribution in [3.8, 4) is 28.5 Å². The van der Waals surface area contributed by atoms with E-state index in [9.17, 15) is 4.79 Å². The van der Waals surface area contributed by atoms with Crippen molar-refractivity contribution >= 4 is 5.91 Å². The van der Waals surface area contributed by atoms with Crippen molar-refractivity contribution in [1.82, 2.24) is 10.3 Å². The predicted octanol–water partition coefficient (Wildman–Crippen LogP) is 4.55. The summed E-state index contributed by atoms with van der Waals surface area (Å²) in [5, 5.41) is 2.98. The van der Waals surface area contributed by atoms with Crippen LogP contribution >= 0.6 is 0 Å². The molecule has 26 heavy (non-hydrogen) atoms. The van der Waals surface area contributed by atoms with Crippen molar-refractivity contribution in [3.63, 3.8) is 0 Å². The highest BCUT2D eigenvalue weighted by atomic mass is 16.5. The molecule has 5 nitrogen and oxygen atoms in total. The number of nitrogens with zero attached hydrogens (tertiary/aromatic N) is 1. The van der Waals surface area contributed by atoms with Crippen LogP contribution in [0.3, 0.4) is 0 Å². The Morgan fingerprint density at radius 1 is 1.19 bits per heavy atom. The van der Waals surface area contributed by atoms with Gasteiger partial charge in [0.25, 0.3) is 5.91 Å². The predicted molar refractivity (Wildman–Crippen MR) is 101 cm³/mol. The lowest BCUT2D eigenvalue weighted by Crippen LogP contribution is -2.32. The second-order valence-electron chi connectivity index (χ2n) is 6.09. The molecule has 1 N–H and O–H groups in total. The number of amides is 1. The van der Waals surface area contributed by atoms with E-state index in [0.29, 0.717) is 22.8 Å². The van der Waals surface area contributed by atoms with Gasteiger partial charge in [-0.2, -0.15) is 0 Å². The third-order valence-corrected chi connectivity index (χ3v) is 4.27. The number of hydrogen-bond acceptors (Lipinski definition) is 4. The largest absolute Gasteiger partial charge is 0.497 e. The summed E-state index contributed by atoms with van der Waals surface area (Å²) in [7, 11) is 1.63. The van der Waals surface area contributed by atoms with Crippen LogP contribution in [0, 0.1) is 0 Å². The SMILES string of the molecule is CCC(C)NC(=O)c1ccccc1-c1ncc(-c2ccc(OC)cc2)o1. The lowest BCUT2D eigenvalue weighted by molar-refractivity contribution is 0.0939. The fourth-order valence-electron chi connectivity index (χ4n) is 2.56. The number of carbonyl (C=O) groups excluding carboxylic acids is 1. The average Bonchev–Trinajstić information content (AvgIpc) is 3.18. The number of carbonyl (C=O) groups is 1. The van der Waals surface area contributed by atoms with E-state index in [2.05, 4.69) is 10.3 Å². The van der Waals surface area contributed by atoms with Gasteiger partial charge in [-0.05, 0) is 49.7 Å². The maximum atomic E-state index is 12.6. The van der Waals surface area contributed by atoms with Gasteiger partial charge in [-0.25, -0.2) is 4.98 Å². The van der Waals surface area contributed by atoms with Crippen molar-refractivity contribution in [1.29, 1.82) is 0 Å². The molecule has 1 aromatic heterocycles. The number of methoxy groups -OCH3 is 1. The van der Waals surface area contributed by atoms with Crippen LogP contribution in [0.1, 0.15) is 30.6 Å². The highest BCUT2D eigenvalue weighted by molar-refractivity contribution is 6.00. The van der Waals surface area contributed by atoms with Crippen LogP contribution in [0.5, 0.6) is 5.75 Å². The van der Waals surface area contributed by atoms with Crippen LogP contribution < -0.4 is 10.1 Å². The Hall–Kier alpha value is -3.08. The Kier molecular flexibility index (Phi) is 5.37. The topological polar surface area (TPSA) is 64.4 Å². The molecule has 0 spiro atoms. The first-order valence-corrected chi connectivity index (χ1v) is 8.63. The lowest BCUT2D eigenvalue weighted by atomic mass is 10.1. The van der Waals surface area contributed by atoms with Crippen LogP contribution in [-0.2, 0) is 0 Å².